The molecule has 0 saturated carbocycles. The largest absolute Gasteiger partial charge is 0.242 e. The maximum atomic E-state index is 10.4. The molecule has 0 amide bonds. The van der Waals surface area contributed by atoms with Crippen LogP contribution in [0.2, 0.25) is 0 Å². The summed E-state index contributed by atoms with van der Waals surface area (Å²) in [5, 5.41) is 0.154. The minimum atomic E-state index is -1.14. The minimum Gasteiger partial charge on any atom is -0.242 e. The highest BCUT2D eigenvalue weighted by Gasteiger charge is 2.04. The number of rotatable bonds is 3. The van der Waals surface area contributed by atoms with Crippen LogP contribution in [-0.4, -0.2) is 9.46 Å². The zero-order valence-corrected chi connectivity index (χ0v) is 6.76. The maximum absolute atomic E-state index is 10.4. The second kappa shape index (κ2) is 4.33. The molecular formula is C5H11ClOS. The van der Waals surface area contributed by atoms with Crippen LogP contribution in [0.5, 0.6) is 0 Å². The fraction of sp³-hybridized carbons (Fsp3) is 1.00. The van der Waals surface area contributed by atoms with Crippen LogP contribution in [0.1, 0.15) is 26.7 Å². The quantitative estimate of drug-likeness (QED) is 0.569. The van der Waals surface area contributed by atoms with Gasteiger partial charge in [-0.25, -0.2) is 4.21 Å². The molecule has 3 heteroatoms. The van der Waals surface area contributed by atoms with Crippen molar-refractivity contribution in [1.82, 2.24) is 0 Å². The van der Waals surface area contributed by atoms with Crippen molar-refractivity contribution in [3.63, 3.8) is 0 Å². The maximum Gasteiger partial charge on any atom is 0.117 e. The molecule has 2 unspecified atom stereocenters. The monoisotopic (exact) mass is 154 g/mol. The molecule has 0 spiro atoms. The Morgan fingerprint density at radius 3 is 2.38 bits per heavy atom. The first-order valence-corrected chi connectivity index (χ1v) is 4.79. The van der Waals surface area contributed by atoms with Gasteiger partial charge in [0.15, 0.2) is 0 Å². The Hall–Kier alpha value is 0.440. The van der Waals surface area contributed by atoms with Gasteiger partial charge in [0, 0.05) is 5.25 Å². The van der Waals surface area contributed by atoms with Gasteiger partial charge in [-0.15, -0.1) is 0 Å². The smallest absolute Gasteiger partial charge is 0.117 e. The summed E-state index contributed by atoms with van der Waals surface area (Å²) >= 11 is 0. The predicted molar refractivity (Wildman–Crippen MR) is 38.4 cm³/mol. The lowest BCUT2D eigenvalue weighted by atomic mass is 10.3. The van der Waals surface area contributed by atoms with Crippen LogP contribution in [0.3, 0.4) is 0 Å². The number of hydrogen-bond acceptors (Lipinski definition) is 1. The highest BCUT2D eigenvalue weighted by atomic mass is 35.7. The van der Waals surface area contributed by atoms with Crippen molar-refractivity contribution in [3.05, 3.63) is 0 Å². The third-order valence-corrected chi connectivity index (χ3v) is 2.79. The molecule has 0 aliphatic heterocycles. The van der Waals surface area contributed by atoms with Crippen LogP contribution in [-0.2, 0) is 10.0 Å². The van der Waals surface area contributed by atoms with Gasteiger partial charge in [0.25, 0.3) is 0 Å². The van der Waals surface area contributed by atoms with E-state index in [1.165, 1.54) is 0 Å². The highest BCUT2D eigenvalue weighted by Crippen LogP contribution is 2.06. The van der Waals surface area contributed by atoms with Crippen molar-refractivity contribution in [3.8, 4) is 0 Å². The summed E-state index contributed by atoms with van der Waals surface area (Å²) in [5.74, 6) is 0. The van der Waals surface area contributed by atoms with E-state index in [1.807, 2.05) is 6.92 Å². The molecule has 8 heavy (non-hydrogen) atoms. The lowest BCUT2D eigenvalue weighted by Crippen LogP contribution is -2.03. The molecule has 0 bridgehead atoms. The van der Waals surface area contributed by atoms with Gasteiger partial charge in [-0.1, -0.05) is 13.3 Å². The molecule has 0 aliphatic rings. The van der Waals surface area contributed by atoms with Crippen molar-refractivity contribution in [2.24, 2.45) is 0 Å². The highest BCUT2D eigenvalue weighted by molar-refractivity contribution is 8.08. The van der Waals surface area contributed by atoms with Gasteiger partial charge in [-0.2, -0.15) is 0 Å². The first kappa shape index (κ1) is 8.44. The number of halogens is 1. The summed E-state index contributed by atoms with van der Waals surface area (Å²) in [4.78, 5) is 0. The molecule has 0 saturated heterocycles. The molecule has 2 atom stereocenters. The van der Waals surface area contributed by atoms with E-state index < -0.39 is 10.0 Å². The van der Waals surface area contributed by atoms with E-state index in [0.717, 1.165) is 12.8 Å². The van der Waals surface area contributed by atoms with Gasteiger partial charge in [-0.3, -0.25) is 0 Å². The summed E-state index contributed by atoms with van der Waals surface area (Å²) in [6.07, 6.45) is 2.01. The second-order valence-electron chi connectivity index (χ2n) is 1.85. The van der Waals surface area contributed by atoms with Gasteiger partial charge in [0.05, 0.1) is 0 Å². The first-order chi connectivity index (χ1) is 3.68. The van der Waals surface area contributed by atoms with Gasteiger partial charge in [0.2, 0.25) is 0 Å². The molecule has 0 aromatic carbocycles. The van der Waals surface area contributed by atoms with E-state index in [1.54, 1.807) is 0 Å². The molecule has 0 rings (SSSR count). The standard InChI is InChI=1S/C5H11ClOS/c1-3-4-5(2)8(6)7/h5H,3-4H2,1-2H3. The molecular weight excluding hydrogens is 144 g/mol. The summed E-state index contributed by atoms with van der Waals surface area (Å²) in [5.41, 5.74) is 0. The van der Waals surface area contributed by atoms with E-state index in [4.69, 9.17) is 10.7 Å². The van der Waals surface area contributed by atoms with Crippen LogP contribution < -0.4 is 0 Å². The van der Waals surface area contributed by atoms with Crippen LogP contribution in [0.15, 0.2) is 0 Å². The SMILES string of the molecule is CCCC(C)S(=O)Cl. The molecule has 0 heterocycles. The second-order valence-corrected chi connectivity index (χ2v) is 4.06. The molecule has 0 fully saturated rings. The zero-order valence-electron chi connectivity index (χ0n) is 5.19. The van der Waals surface area contributed by atoms with Crippen LogP contribution in [0.25, 0.3) is 0 Å². The average Bonchev–Trinajstić information content (AvgIpc) is 1.67. The Balaban J connectivity index is 3.32. The van der Waals surface area contributed by atoms with Crippen molar-refractivity contribution < 1.29 is 4.21 Å². The molecule has 50 valence electrons. The Morgan fingerprint density at radius 1 is 1.75 bits per heavy atom. The van der Waals surface area contributed by atoms with Gasteiger partial charge >= 0.3 is 0 Å². The van der Waals surface area contributed by atoms with Crippen molar-refractivity contribution in [1.29, 1.82) is 0 Å². The topological polar surface area (TPSA) is 17.1 Å². The Labute approximate surface area is 57.4 Å². The Kier molecular flexibility index (Phi) is 4.57. The van der Waals surface area contributed by atoms with Gasteiger partial charge in [-0.05, 0) is 24.0 Å². The molecule has 0 aromatic heterocycles. The van der Waals surface area contributed by atoms with Crippen molar-refractivity contribution in [2.75, 3.05) is 0 Å². The Bertz CT molecular complexity index is 84.5. The van der Waals surface area contributed by atoms with Crippen molar-refractivity contribution in [2.45, 2.75) is 31.9 Å². The van der Waals surface area contributed by atoms with E-state index in [9.17, 15) is 4.21 Å². The summed E-state index contributed by atoms with van der Waals surface area (Å²) < 4.78 is 10.4. The van der Waals surface area contributed by atoms with Gasteiger partial charge < -0.3 is 0 Å². The average molecular weight is 155 g/mol. The summed E-state index contributed by atoms with van der Waals surface area (Å²) in [6.45, 7) is 3.95. The third-order valence-electron chi connectivity index (χ3n) is 1.01. The summed E-state index contributed by atoms with van der Waals surface area (Å²) in [6, 6.07) is 0. The van der Waals surface area contributed by atoms with Crippen molar-refractivity contribution >= 4 is 20.7 Å². The lowest BCUT2D eigenvalue weighted by molar-refractivity contribution is 0.672. The molecule has 0 radical (unpaired) electrons. The third kappa shape index (κ3) is 3.44. The summed E-state index contributed by atoms with van der Waals surface area (Å²) in [7, 11) is 4.14. The fourth-order valence-corrected chi connectivity index (χ4v) is 1.19. The lowest BCUT2D eigenvalue weighted by Gasteiger charge is -2.00. The Morgan fingerprint density at radius 2 is 2.25 bits per heavy atom. The van der Waals surface area contributed by atoms with Gasteiger partial charge in [0.1, 0.15) is 10.0 Å². The predicted octanol–water partition coefficient (Wildman–Crippen LogP) is 2.08. The van der Waals surface area contributed by atoms with Crippen LogP contribution >= 0.6 is 10.7 Å². The zero-order chi connectivity index (χ0) is 6.57. The van der Waals surface area contributed by atoms with Crippen LogP contribution in [0, 0.1) is 0 Å². The van der Waals surface area contributed by atoms with E-state index in [2.05, 4.69) is 6.92 Å². The first-order valence-electron chi connectivity index (χ1n) is 2.75. The minimum absolute atomic E-state index is 0.154. The van der Waals surface area contributed by atoms with E-state index >= 15 is 0 Å². The van der Waals surface area contributed by atoms with E-state index in [0.29, 0.717) is 0 Å². The van der Waals surface area contributed by atoms with E-state index in [-0.39, 0.29) is 5.25 Å². The van der Waals surface area contributed by atoms with Crippen LogP contribution in [0.4, 0.5) is 0 Å². The number of hydrogen-bond donors (Lipinski definition) is 0. The molecule has 0 aliphatic carbocycles. The molecule has 0 N–H and O–H groups in total. The normalized spacial score (nSPS) is 17.9. The molecule has 0 aromatic rings. The fourth-order valence-electron chi connectivity index (χ4n) is 0.499. The molecule has 1 nitrogen and oxygen atoms in total.